The number of methoxy groups -OCH3 is 1. The molecule has 0 aliphatic heterocycles. The van der Waals surface area contributed by atoms with Crippen molar-refractivity contribution in [2.45, 2.75) is 18.9 Å². The molecule has 5 nitrogen and oxygen atoms in total. The fraction of sp³-hybridized carbons (Fsp3) is 0.316. The van der Waals surface area contributed by atoms with Crippen LogP contribution in [0.2, 0.25) is 0 Å². The van der Waals surface area contributed by atoms with Gasteiger partial charge in [-0.05, 0) is 23.6 Å². The lowest BCUT2D eigenvalue weighted by molar-refractivity contribution is -0.141. The Hall–Kier alpha value is -2.12. The van der Waals surface area contributed by atoms with Crippen LogP contribution in [0.5, 0.6) is 5.75 Å². The number of aromatic nitrogens is 2. The van der Waals surface area contributed by atoms with Crippen LogP contribution >= 0.6 is 23.1 Å². The number of carbonyl (C=O) groups is 1. The molecule has 3 rings (SSSR count). The molecule has 0 amide bonds. The molecular weight excluding hydrogens is 368 g/mol. The normalized spacial score (nSPS) is 11.1. The Kier molecular flexibility index (Phi) is 6.11. The summed E-state index contributed by atoms with van der Waals surface area (Å²) >= 11 is 2.96. The van der Waals surface area contributed by atoms with Crippen molar-refractivity contribution in [2.24, 2.45) is 5.92 Å². The molecule has 0 unspecified atom stereocenters. The number of hydrogen-bond acceptors (Lipinski definition) is 7. The maximum Gasteiger partial charge on any atom is 0.316 e. The minimum absolute atomic E-state index is 0.225. The van der Waals surface area contributed by atoms with Crippen molar-refractivity contribution >= 4 is 39.3 Å². The van der Waals surface area contributed by atoms with E-state index in [1.54, 1.807) is 24.8 Å². The Morgan fingerprint density at radius 3 is 2.69 bits per heavy atom. The van der Waals surface area contributed by atoms with Crippen molar-refractivity contribution in [1.29, 1.82) is 0 Å². The first-order valence-corrected chi connectivity index (χ1v) is 10.1. The number of hydrogen-bond donors (Lipinski definition) is 0. The van der Waals surface area contributed by atoms with Gasteiger partial charge in [0, 0.05) is 10.9 Å². The number of esters is 1. The second-order valence-corrected chi connectivity index (χ2v) is 7.92. The van der Waals surface area contributed by atoms with Crippen molar-refractivity contribution in [3.63, 3.8) is 0 Å². The van der Waals surface area contributed by atoms with Gasteiger partial charge in [0.25, 0.3) is 0 Å². The van der Waals surface area contributed by atoms with Gasteiger partial charge in [0.05, 0.1) is 24.9 Å². The molecule has 0 N–H and O–H groups in total. The molecule has 26 heavy (non-hydrogen) atoms. The first-order valence-electron chi connectivity index (χ1n) is 8.23. The maximum atomic E-state index is 11.9. The number of carbonyl (C=O) groups excluding carboxylic acids is 1. The highest BCUT2D eigenvalue weighted by molar-refractivity contribution is 8.00. The lowest BCUT2D eigenvalue weighted by atomic mass is 10.1. The molecule has 0 saturated carbocycles. The number of benzene rings is 1. The molecule has 0 fully saturated rings. The summed E-state index contributed by atoms with van der Waals surface area (Å²) in [6.45, 7) is 4.47. The molecule has 0 aliphatic rings. The standard InChI is InChI=1S/C19H20N2O3S2/c1-12(2)8-24-16(22)10-26-19-17-15(9-25-18(17)20-11-21-19)13-4-6-14(23-3)7-5-13/h4-7,9,11-12H,8,10H2,1-3H3. The molecule has 2 heterocycles. The van der Waals surface area contributed by atoms with Gasteiger partial charge in [-0.25, -0.2) is 9.97 Å². The monoisotopic (exact) mass is 388 g/mol. The Labute approximate surface area is 160 Å². The predicted octanol–water partition coefficient (Wildman–Crippen LogP) is 4.66. The van der Waals surface area contributed by atoms with Gasteiger partial charge in [0.1, 0.15) is 21.9 Å². The summed E-state index contributed by atoms with van der Waals surface area (Å²) in [5.74, 6) is 1.15. The summed E-state index contributed by atoms with van der Waals surface area (Å²) in [5, 5.41) is 3.84. The summed E-state index contributed by atoms with van der Waals surface area (Å²) in [5.41, 5.74) is 2.13. The van der Waals surface area contributed by atoms with Crippen LogP contribution in [-0.2, 0) is 9.53 Å². The third kappa shape index (κ3) is 4.34. The van der Waals surface area contributed by atoms with Crippen LogP contribution in [0.15, 0.2) is 41.0 Å². The van der Waals surface area contributed by atoms with Gasteiger partial charge in [0.2, 0.25) is 0 Å². The minimum Gasteiger partial charge on any atom is -0.497 e. The SMILES string of the molecule is COc1ccc(-c2csc3ncnc(SCC(=O)OCC(C)C)c23)cc1. The molecular formula is C19H20N2O3S2. The van der Waals surface area contributed by atoms with Gasteiger partial charge < -0.3 is 9.47 Å². The van der Waals surface area contributed by atoms with Crippen LogP contribution in [0.25, 0.3) is 21.3 Å². The summed E-state index contributed by atoms with van der Waals surface area (Å²) in [7, 11) is 1.65. The largest absolute Gasteiger partial charge is 0.497 e. The number of ether oxygens (including phenoxy) is 2. The van der Waals surface area contributed by atoms with Gasteiger partial charge in [-0.15, -0.1) is 11.3 Å². The summed E-state index contributed by atoms with van der Waals surface area (Å²) in [6, 6.07) is 7.88. The second kappa shape index (κ2) is 8.51. The van der Waals surface area contributed by atoms with Crippen molar-refractivity contribution in [2.75, 3.05) is 19.5 Å². The molecule has 0 radical (unpaired) electrons. The summed E-state index contributed by atoms with van der Waals surface area (Å²) < 4.78 is 10.5. The van der Waals surface area contributed by atoms with Crippen LogP contribution < -0.4 is 4.74 Å². The first-order chi connectivity index (χ1) is 12.6. The molecule has 136 valence electrons. The van der Waals surface area contributed by atoms with Gasteiger partial charge in [0.15, 0.2) is 0 Å². The topological polar surface area (TPSA) is 61.3 Å². The summed E-state index contributed by atoms with van der Waals surface area (Å²) in [6.07, 6.45) is 1.54. The molecule has 3 aromatic rings. The minimum atomic E-state index is -0.225. The van der Waals surface area contributed by atoms with Gasteiger partial charge >= 0.3 is 5.97 Å². The summed E-state index contributed by atoms with van der Waals surface area (Å²) in [4.78, 5) is 21.6. The van der Waals surface area contributed by atoms with Gasteiger partial charge in [-0.1, -0.05) is 37.7 Å². The van der Waals surface area contributed by atoms with Crippen molar-refractivity contribution < 1.29 is 14.3 Å². The third-order valence-corrected chi connectivity index (χ3v) is 5.49. The highest BCUT2D eigenvalue weighted by Crippen LogP contribution is 2.38. The van der Waals surface area contributed by atoms with Crippen molar-refractivity contribution in [1.82, 2.24) is 9.97 Å². The molecule has 1 aromatic carbocycles. The van der Waals surface area contributed by atoms with E-state index in [1.807, 2.05) is 38.1 Å². The van der Waals surface area contributed by atoms with Crippen LogP contribution in [0, 0.1) is 5.92 Å². The van der Waals surface area contributed by atoms with Crippen LogP contribution in [0.4, 0.5) is 0 Å². The van der Waals surface area contributed by atoms with Crippen LogP contribution in [0.3, 0.4) is 0 Å². The van der Waals surface area contributed by atoms with E-state index in [2.05, 4.69) is 15.3 Å². The van der Waals surface area contributed by atoms with E-state index in [9.17, 15) is 4.79 Å². The molecule has 0 spiro atoms. The first kappa shape index (κ1) is 18.7. The molecule has 0 bridgehead atoms. The van der Waals surface area contributed by atoms with Crippen LogP contribution in [0.1, 0.15) is 13.8 Å². The van der Waals surface area contributed by atoms with Crippen LogP contribution in [-0.4, -0.2) is 35.4 Å². The second-order valence-electron chi connectivity index (χ2n) is 6.10. The average molecular weight is 389 g/mol. The lowest BCUT2D eigenvalue weighted by Crippen LogP contribution is -2.11. The zero-order chi connectivity index (χ0) is 18.5. The number of thioether (sulfide) groups is 1. The number of nitrogens with zero attached hydrogens (tertiary/aromatic N) is 2. The quantitative estimate of drug-likeness (QED) is 0.333. The van der Waals surface area contributed by atoms with Crippen molar-refractivity contribution in [3.8, 4) is 16.9 Å². The maximum absolute atomic E-state index is 11.9. The van der Waals surface area contributed by atoms with Gasteiger partial charge in [-0.2, -0.15) is 0 Å². The zero-order valence-corrected chi connectivity index (χ0v) is 16.5. The molecule has 7 heteroatoms. The van der Waals surface area contributed by atoms with Crippen molar-refractivity contribution in [3.05, 3.63) is 36.0 Å². The Bertz CT molecular complexity index is 891. The highest BCUT2D eigenvalue weighted by atomic mass is 32.2. The smallest absolute Gasteiger partial charge is 0.316 e. The molecule has 0 atom stereocenters. The number of rotatable bonds is 7. The Balaban J connectivity index is 1.84. The number of fused-ring (bicyclic) bond motifs is 1. The van der Waals surface area contributed by atoms with E-state index in [1.165, 1.54) is 11.8 Å². The van der Waals surface area contributed by atoms with E-state index in [0.29, 0.717) is 12.5 Å². The molecule has 0 aliphatic carbocycles. The Morgan fingerprint density at radius 1 is 1.23 bits per heavy atom. The van der Waals surface area contributed by atoms with E-state index in [0.717, 1.165) is 32.1 Å². The van der Waals surface area contributed by atoms with Gasteiger partial charge in [-0.3, -0.25) is 4.79 Å². The zero-order valence-electron chi connectivity index (χ0n) is 14.9. The highest BCUT2D eigenvalue weighted by Gasteiger charge is 2.15. The van der Waals surface area contributed by atoms with E-state index < -0.39 is 0 Å². The fourth-order valence-electron chi connectivity index (χ4n) is 2.37. The Morgan fingerprint density at radius 2 is 2.00 bits per heavy atom. The molecule has 2 aromatic heterocycles. The molecule has 0 saturated heterocycles. The van der Waals surface area contributed by atoms with E-state index in [4.69, 9.17) is 9.47 Å². The lowest BCUT2D eigenvalue weighted by Gasteiger charge is -2.08. The predicted molar refractivity (Wildman–Crippen MR) is 106 cm³/mol. The van der Waals surface area contributed by atoms with E-state index >= 15 is 0 Å². The van der Waals surface area contributed by atoms with E-state index in [-0.39, 0.29) is 11.7 Å². The fourth-order valence-corrected chi connectivity index (χ4v) is 4.16. The number of thiophene rings is 1. The third-order valence-electron chi connectivity index (χ3n) is 3.64. The average Bonchev–Trinajstić information content (AvgIpc) is 3.09.